The number of nitrogens with two attached hydrogens (primary N) is 1. The molecular formula is C25H36N9O12P3S2. The number of nitrogens with zero attached hydrogens (tertiary/aromatic N) is 8. The van der Waals surface area contributed by atoms with Crippen molar-refractivity contribution in [2.45, 2.75) is 64.2 Å². The minimum Gasteiger partial charge on any atom is -0.382 e. The summed E-state index contributed by atoms with van der Waals surface area (Å²) in [5.41, 5.74) is 8.46. The van der Waals surface area contributed by atoms with Crippen LogP contribution in [0.1, 0.15) is 45.3 Å². The van der Waals surface area contributed by atoms with Crippen molar-refractivity contribution in [3.63, 3.8) is 0 Å². The van der Waals surface area contributed by atoms with Crippen LogP contribution in [0.4, 0.5) is 5.82 Å². The van der Waals surface area contributed by atoms with Gasteiger partial charge in [0.25, 0.3) is 0 Å². The molecule has 0 saturated carbocycles. The van der Waals surface area contributed by atoms with Crippen LogP contribution in [0.25, 0.3) is 22.6 Å². The molecule has 4 heterocycles. The van der Waals surface area contributed by atoms with Crippen LogP contribution in [0.15, 0.2) is 36.9 Å². The van der Waals surface area contributed by atoms with E-state index in [1.54, 1.807) is 22.3 Å². The molecule has 0 amide bonds. The van der Waals surface area contributed by atoms with E-state index in [-0.39, 0.29) is 30.4 Å². The highest BCUT2D eigenvalue weighted by atomic mass is 33.1. The number of ether oxygens (including phenoxy) is 2. The second-order valence-corrected chi connectivity index (χ2v) is 18.6. The molecule has 0 aliphatic carbocycles. The number of hydrogen-bond donors (Lipinski definition) is 5. The van der Waals surface area contributed by atoms with Gasteiger partial charge in [0.1, 0.15) is 30.1 Å². The van der Waals surface area contributed by atoms with E-state index in [1.165, 1.54) is 23.4 Å². The maximum Gasteiger partial charge on any atom is 0.490 e. The van der Waals surface area contributed by atoms with Gasteiger partial charge in [-0.05, 0) is 32.8 Å². The Morgan fingerprint density at radius 2 is 1.69 bits per heavy atom. The van der Waals surface area contributed by atoms with Crippen LogP contribution in [0.5, 0.6) is 0 Å². The average molecular weight is 812 g/mol. The van der Waals surface area contributed by atoms with E-state index in [2.05, 4.69) is 57.8 Å². The van der Waals surface area contributed by atoms with Gasteiger partial charge in [0.05, 0.1) is 19.0 Å². The monoisotopic (exact) mass is 811 g/mol. The van der Waals surface area contributed by atoms with Crippen LogP contribution in [0.2, 0.25) is 0 Å². The highest BCUT2D eigenvalue weighted by Crippen LogP contribution is 2.66. The van der Waals surface area contributed by atoms with E-state index in [0.717, 1.165) is 11.1 Å². The molecule has 0 spiro atoms. The zero-order valence-corrected chi connectivity index (χ0v) is 30.7. The van der Waals surface area contributed by atoms with E-state index >= 15 is 0 Å². The molecule has 21 nitrogen and oxygen atoms in total. The first kappa shape index (κ1) is 41.3. The first-order valence-electron chi connectivity index (χ1n) is 14.3. The number of rotatable bonds is 16. The highest BCUT2D eigenvalue weighted by molar-refractivity contribution is 8.77. The third kappa shape index (κ3) is 11.8. The Morgan fingerprint density at radius 3 is 2.35 bits per heavy atom. The molecule has 26 heteroatoms. The van der Waals surface area contributed by atoms with Crippen LogP contribution >= 0.6 is 45.1 Å². The number of anilines is 1. The highest BCUT2D eigenvalue weighted by Gasteiger charge is 2.43. The molecule has 1 aliphatic heterocycles. The van der Waals surface area contributed by atoms with E-state index in [0.29, 0.717) is 29.2 Å². The Morgan fingerprint density at radius 1 is 1.00 bits per heavy atom. The molecule has 2 unspecified atom stereocenters. The van der Waals surface area contributed by atoms with Gasteiger partial charge >= 0.3 is 23.5 Å². The van der Waals surface area contributed by atoms with Gasteiger partial charge in [0, 0.05) is 16.7 Å². The molecule has 1 fully saturated rings. The molecule has 6 N–H and O–H groups in total. The van der Waals surface area contributed by atoms with E-state index in [9.17, 15) is 23.5 Å². The summed E-state index contributed by atoms with van der Waals surface area (Å²) in [4.78, 5) is 49.4. The summed E-state index contributed by atoms with van der Waals surface area (Å²) in [6.07, 6.45) is 1.04. The van der Waals surface area contributed by atoms with Crippen molar-refractivity contribution in [2.75, 3.05) is 18.3 Å². The number of aromatic nitrogens is 8. The average Bonchev–Trinajstić information content (AvgIpc) is 3.62. The van der Waals surface area contributed by atoms with Crippen LogP contribution in [-0.4, -0.2) is 89.0 Å². The number of benzene rings is 1. The fourth-order valence-electron chi connectivity index (χ4n) is 4.73. The number of hydrogen-bond acceptors (Lipinski definition) is 18. The number of fused-ring (bicyclic) bond motifs is 1. The molecular weight excluding hydrogens is 775 g/mol. The van der Waals surface area contributed by atoms with Gasteiger partial charge in [0.2, 0.25) is 5.82 Å². The summed E-state index contributed by atoms with van der Waals surface area (Å²) in [5.74, 6) is 1.22. The normalized spacial score (nSPS) is 20.5. The third-order valence-electron chi connectivity index (χ3n) is 6.73. The number of nitrogen functional groups attached to an aromatic ring is 1. The largest absolute Gasteiger partial charge is 0.490 e. The van der Waals surface area contributed by atoms with Gasteiger partial charge < -0.3 is 34.8 Å². The van der Waals surface area contributed by atoms with Crippen LogP contribution in [0, 0.1) is 6.92 Å². The van der Waals surface area contributed by atoms with Crippen molar-refractivity contribution < 1.29 is 55.9 Å². The first-order chi connectivity index (χ1) is 23.4. The molecule has 1 aromatic carbocycles. The fourth-order valence-corrected chi connectivity index (χ4v) is 10.0. The maximum absolute atomic E-state index is 12.4. The van der Waals surface area contributed by atoms with Crippen molar-refractivity contribution in [3.05, 3.63) is 48.3 Å². The van der Waals surface area contributed by atoms with Gasteiger partial charge in [0.15, 0.2) is 17.3 Å². The van der Waals surface area contributed by atoms with Crippen molar-refractivity contribution in [3.8, 4) is 11.4 Å². The second kappa shape index (κ2) is 16.7. The number of imidazole rings is 1. The molecule has 1 aliphatic rings. The summed E-state index contributed by atoms with van der Waals surface area (Å²) in [6.45, 7) is 5.16. The molecule has 280 valence electrons. The Labute approximate surface area is 299 Å². The lowest BCUT2D eigenvalue weighted by Gasteiger charge is -2.24. The predicted octanol–water partition coefficient (Wildman–Crippen LogP) is 3.98. The van der Waals surface area contributed by atoms with E-state index in [1.807, 2.05) is 24.3 Å². The van der Waals surface area contributed by atoms with Crippen molar-refractivity contribution in [1.82, 2.24) is 39.9 Å². The minimum atomic E-state index is -5.71. The standard InChI is InChI=1S/C24H32N9O12P3S2.CH4/c1-14-29-31-22(32-30-14)16-6-4-15(5-7-16)9-24(2,3)50-49-13-41-17-8-19(33-12-28-20-21(25)26-11-27-23(20)33)43-18(17)10-42-47(37,38)45-48(39,40)44-46(34,35)36;/h4-7,11-12,17-19H,8-10,13H2,1-3H3,(H,37,38)(H,39,40)(H2,25,26,27)(H2,34,35,36);1H4/t17-,18-,19-;/m1./s1. The third-order valence-corrected chi connectivity index (χ3v) is 13.5. The lowest BCUT2D eigenvalue weighted by molar-refractivity contribution is -0.0522. The second-order valence-electron chi connectivity index (χ2n) is 11.3. The van der Waals surface area contributed by atoms with Gasteiger partial charge in [-0.2, -0.15) is 8.62 Å². The maximum atomic E-state index is 12.4. The van der Waals surface area contributed by atoms with Crippen LogP contribution in [0.3, 0.4) is 0 Å². The number of aryl methyl sites for hydroxylation is 1. The Balaban J connectivity index is 0.00000583. The summed E-state index contributed by atoms with van der Waals surface area (Å²) < 4.78 is 61.1. The zero-order valence-electron chi connectivity index (χ0n) is 26.4. The summed E-state index contributed by atoms with van der Waals surface area (Å²) in [5, 5.41) is 16.0. The van der Waals surface area contributed by atoms with Gasteiger partial charge in [-0.25, -0.2) is 28.6 Å². The van der Waals surface area contributed by atoms with Gasteiger partial charge in [-0.1, -0.05) is 53.3 Å². The number of phosphoric acid groups is 3. The quantitative estimate of drug-likeness (QED) is 0.0462. The molecule has 3 aromatic heterocycles. The van der Waals surface area contributed by atoms with E-state index in [4.69, 9.17) is 29.5 Å². The SMILES string of the molecule is C.Cc1nnc(-c2ccc(CC(C)(C)SSCO[C@@H]3C[C@H](n4cnc5c(N)ncnc54)O[C@@H]3COP(=O)(O)OP(=O)(O)OP(=O)(O)O)cc2)nn1. The molecule has 51 heavy (non-hydrogen) atoms. The minimum absolute atomic E-state index is 0. The first-order valence-corrected chi connectivity index (χ1v) is 21.1. The van der Waals surface area contributed by atoms with Crippen LogP contribution in [-0.2, 0) is 42.7 Å². The lowest BCUT2D eigenvalue weighted by Crippen LogP contribution is -2.29. The van der Waals surface area contributed by atoms with Crippen LogP contribution < -0.4 is 5.73 Å². The lowest BCUT2D eigenvalue weighted by atomic mass is 10.0. The summed E-state index contributed by atoms with van der Waals surface area (Å²) in [6, 6.07) is 7.78. The zero-order chi connectivity index (χ0) is 36.3. The summed E-state index contributed by atoms with van der Waals surface area (Å²) >= 11 is 0. The summed E-state index contributed by atoms with van der Waals surface area (Å²) in [7, 11) is -13.7. The molecule has 0 bridgehead atoms. The molecule has 4 aromatic rings. The topological polar surface area (TPSA) is 299 Å². The Kier molecular flexibility index (Phi) is 13.5. The molecule has 5 atom stereocenters. The van der Waals surface area contributed by atoms with Gasteiger partial charge in [-0.3, -0.25) is 9.09 Å². The van der Waals surface area contributed by atoms with Gasteiger partial charge in [-0.15, -0.1) is 20.4 Å². The van der Waals surface area contributed by atoms with Crippen molar-refractivity contribution in [1.29, 1.82) is 0 Å². The molecule has 5 rings (SSSR count). The molecule has 1 saturated heterocycles. The van der Waals surface area contributed by atoms with Crippen molar-refractivity contribution in [2.24, 2.45) is 0 Å². The van der Waals surface area contributed by atoms with Crippen molar-refractivity contribution >= 4 is 62.0 Å². The predicted molar refractivity (Wildman–Crippen MR) is 185 cm³/mol. The number of phosphoric ester groups is 1. The molecule has 0 radical (unpaired) electrons. The fraction of sp³-hybridized carbons (Fsp3) is 0.480. The Hall–Kier alpha value is -2.46. The Bertz CT molecular complexity index is 1940. The smallest absolute Gasteiger partial charge is 0.382 e. The van der Waals surface area contributed by atoms with E-state index < -0.39 is 48.5 Å².